The van der Waals surface area contributed by atoms with Gasteiger partial charge in [0, 0.05) is 10.6 Å². The molecule has 1 rings (SSSR count). The molecule has 2 nitrogen and oxygen atoms in total. The molecule has 0 spiro atoms. The standard InChI is InChI=1S/C10H11FO2S/c1-7(10(12)13)6-14-9-4-2-8(11)3-5-9/h2-5,7H,6H2,1H3,(H,12,13)/t7-/m0/s1. The number of thioether (sulfide) groups is 1. The molecule has 0 aliphatic heterocycles. The zero-order valence-corrected chi connectivity index (χ0v) is 8.55. The lowest BCUT2D eigenvalue weighted by Gasteiger charge is -2.05. The van der Waals surface area contributed by atoms with E-state index in [9.17, 15) is 9.18 Å². The largest absolute Gasteiger partial charge is 0.481 e. The molecule has 0 amide bonds. The van der Waals surface area contributed by atoms with E-state index in [-0.39, 0.29) is 11.7 Å². The van der Waals surface area contributed by atoms with Crippen molar-refractivity contribution < 1.29 is 14.3 Å². The molecule has 0 bridgehead atoms. The summed E-state index contributed by atoms with van der Waals surface area (Å²) in [5, 5.41) is 8.63. The minimum absolute atomic E-state index is 0.277. The summed E-state index contributed by atoms with van der Waals surface area (Å²) in [6, 6.07) is 6.03. The minimum atomic E-state index is -0.806. The predicted molar refractivity (Wildman–Crippen MR) is 53.9 cm³/mol. The van der Waals surface area contributed by atoms with Crippen LogP contribution in [0.1, 0.15) is 6.92 Å². The van der Waals surface area contributed by atoms with E-state index >= 15 is 0 Å². The Balaban J connectivity index is 2.46. The van der Waals surface area contributed by atoms with Gasteiger partial charge in [0.15, 0.2) is 0 Å². The molecule has 0 aliphatic carbocycles. The summed E-state index contributed by atoms with van der Waals surface area (Å²) in [5.41, 5.74) is 0. The lowest BCUT2D eigenvalue weighted by molar-refractivity contribution is -0.140. The van der Waals surface area contributed by atoms with Crippen LogP contribution in [-0.4, -0.2) is 16.8 Å². The Morgan fingerprint density at radius 2 is 2.07 bits per heavy atom. The van der Waals surface area contributed by atoms with Gasteiger partial charge in [0.1, 0.15) is 5.82 Å². The van der Waals surface area contributed by atoms with Crippen LogP contribution >= 0.6 is 11.8 Å². The Morgan fingerprint density at radius 1 is 1.50 bits per heavy atom. The van der Waals surface area contributed by atoms with Gasteiger partial charge in [-0.15, -0.1) is 11.8 Å². The molecule has 1 aromatic carbocycles. The smallest absolute Gasteiger partial charge is 0.307 e. The molecular weight excluding hydrogens is 203 g/mol. The highest BCUT2D eigenvalue weighted by Gasteiger charge is 2.10. The van der Waals surface area contributed by atoms with Crippen LogP contribution in [0, 0.1) is 11.7 Å². The predicted octanol–water partition coefficient (Wildman–Crippen LogP) is 2.64. The van der Waals surface area contributed by atoms with Crippen molar-refractivity contribution in [3.05, 3.63) is 30.1 Å². The first kappa shape index (κ1) is 11.0. The molecule has 0 saturated carbocycles. The Hall–Kier alpha value is -1.03. The quantitative estimate of drug-likeness (QED) is 0.783. The number of hydrogen-bond acceptors (Lipinski definition) is 2. The van der Waals surface area contributed by atoms with E-state index in [4.69, 9.17) is 5.11 Å². The molecule has 0 radical (unpaired) electrons. The second kappa shape index (κ2) is 5.00. The molecule has 0 fully saturated rings. The van der Waals surface area contributed by atoms with Crippen LogP contribution in [0.4, 0.5) is 4.39 Å². The monoisotopic (exact) mass is 214 g/mol. The van der Waals surface area contributed by atoms with Gasteiger partial charge in [-0.25, -0.2) is 4.39 Å². The number of benzene rings is 1. The van der Waals surface area contributed by atoms with E-state index < -0.39 is 5.97 Å². The zero-order valence-electron chi connectivity index (χ0n) is 7.74. The number of halogens is 1. The van der Waals surface area contributed by atoms with Crippen molar-refractivity contribution in [2.75, 3.05) is 5.75 Å². The average Bonchev–Trinajstić information content (AvgIpc) is 2.16. The van der Waals surface area contributed by atoms with Crippen LogP contribution in [0.25, 0.3) is 0 Å². The lowest BCUT2D eigenvalue weighted by Crippen LogP contribution is -2.11. The van der Waals surface area contributed by atoms with Gasteiger partial charge in [0.05, 0.1) is 5.92 Å². The first-order valence-electron chi connectivity index (χ1n) is 4.21. The number of carboxylic acid groups (broad SMARTS) is 1. The van der Waals surface area contributed by atoms with E-state index in [1.165, 1.54) is 23.9 Å². The summed E-state index contributed by atoms with van der Waals surface area (Å²) in [6.07, 6.45) is 0. The first-order valence-corrected chi connectivity index (χ1v) is 5.19. The highest BCUT2D eigenvalue weighted by molar-refractivity contribution is 7.99. The van der Waals surface area contributed by atoms with Crippen LogP contribution in [0.5, 0.6) is 0 Å². The number of carboxylic acids is 1. The summed E-state index contributed by atoms with van der Waals surface area (Å²) in [4.78, 5) is 11.4. The van der Waals surface area contributed by atoms with Crippen molar-refractivity contribution in [3.63, 3.8) is 0 Å². The lowest BCUT2D eigenvalue weighted by atomic mass is 10.2. The van der Waals surface area contributed by atoms with Crippen LogP contribution < -0.4 is 0 Å². The topological polar surface area (TPSA) is 37.3 Å². The molecule has 1 atom stereocenters. The van der Waals surface area contributed by atoms with Crippen molar-refractivity contribution in [1.29, 1.82) is 0 Å². The Kier molecular flexibility index (Phi) is 3.95. The molecule has 4 heteroatoms. The van der Waals surface area contributed by atoms with E-state index in [1.807, 2.05) is 0 Å². The molecule has 1 aromatic rings. The van der Waals surface area contributed by atoms with Gasteiger partial charge >= 0.3 is 5.97 Å². The van der Waals surface area contributed by atoms with E-state index in [2.05, 4.69) is 0 Å². The number of hydrogen-bond donors (Lipinski definition) is 1. The summed E-state index contributed by atoms with van der Waals surface area (Å²) in [7, 11) is 0. The SMILES string of the molecule is C[C@@H](CSc1ccc(F)cc1)C(=O)O. The molecule has 0 aromatic heterocycles. The second-order valence-electron chi connectivity index (χ2n) is 3.00. The number of carbonyl (C=O) groups is 1. The van der Waals surface area contributed by atoms with E-state index in [0.29, 0.717) is 5.75 Å². The van der Waals surface area contributed by atoms with Gasteiger partial charge in [0.25, 0.3) is 0 Å². The van der Waals surface area contributed by atoms with Crippen LogP contribution in [0.3, 0.4) is 0 Å². The third kappa shape index (κ3) is 3.38. The maximum atomic E-state index is 12.5. The highest BCUT2D eigenvalue weighted by Crippen LogP contribution is 2.20. The molecule has 0 heterocycles. The fourth-order valence-corrected chi connectivity index (χ4v) is 1.74. The van der Waals surface area contributed by atoms with Gasteiger partial charge in [-0.3, -0.25) is 4.79 Å². The minimum Gasteiger partial charge on any atom is -0.481 e. The van der Waals surface area contributed by atoms with Gasteiger partial charge in [-0.05, 0) is 24.3 Å². The first-order chi connectivity index (χ1) is 6.59. The normalized spacial score (nSPS) is 12.4. The highest BCUT2D eigenvalue weighted by atomic mass is 32.2. The molecule has 76 valence electrons. The Labute approximate surface area is 86.1 Å². The molecular formula is C10H11FO2S. The van der Waals surface area contributed by atoms with Gasteiger partial charge in [0.2, 0.25) is 0 Å². The summed E-state index contributed by atoms with van der Waals surface area (Å²) in [6.45, 7) is 1.65. The van der Waals surface area contributed by atoms with Crippen LogP contribution in [0.15, 0.2) is 29.2 Å². The van der Waals surface area contributed by atoms with Crippen molar-refractivity contribution in [3.8, 4) is 0 Å². The van der Waals surface area contributed by atoms with Crippen LogP contribution in [-0.2, 0) is 4.79 Å². The zero-order chi connectivity index (χ0) is 10.6. The third-order valence-corrected chi connectivity index (χ3v) is 3.01. The fourth-order valence-electron chi connectivity index (χ4n) is 0.823. The second-order valence-corrected chi connectivity index (χ2v) is 4.10. The molecule has 1 N–H and O–H groups in total. The molecule has 0 unspecified atom stereocenters. The molecule has 14 heavy (non-hydrogen) atoms. The molecule has 0 aliphatic rings. The Morgan fingerprint density at radius 3 is 2.57 bits per heavy atom. The fraction of sp³-hybridized carbons (Fsp3) is 0.300. The number of rotatable bonds is 4. The van der Waals surface area contributed by atoms with Gasteiger partial charge in [-0.2, -0.15) is 0 Å². The maximum Gasteiger partial charge on any atom is 0.307 e. The van der Waals surface area contributed by atoms with Gasteiger partial charge < -0.3 is 5.11 Å². The number of aliphatic carboxylic acids is 1. The average molecular weight is 214 g/mol. The van der Waals surface area contributed by atoms with Crippen molar-refractivity contribution in [2.45, 2.75) is 11.8 Å². The maximum absolute atomic E-state index is 12.5. The summed E-state index contributed by atoms with van der Waals surface area (Å²) in [5.74, 6) is -0.966. The van der Waals surface area contributed by atoms with Gasteiger partial charge in [-0.1, -0.05) is 6.92 Å². The van der Waals surface area contributed by atoms with Crippen molar-refractivity contribution in [2.24, 2.45) is 5.92 Å². The molecule has 0 saturated heterocycles. The summed E-state index contributed by atoms with van der Waals surface area (Å²) < 4.78 is 12.5. The van der Waals surface area contributed by atoms with E-state index in [1.54, 1.807) is 19.1 Å². The van der Waals surface area contributed by atoms with Crippen LogP contribution in [0.2, 0.25) is 0 Å². The third-order valence-electron chi connectivity index (χ3n) is 1.74. The van der Waals surface area contributed by atoms with Crippen molar-refractivity contribution >= 4 is 17.7 Å². The Bertz CT molecular complexity index is 310. The van der Waals surface area contributed by atoms with Crippen molar-refractivity contribution in [1.82, 2.24) is 0 Å². The van der Waals surface area contributed by atoms with E-state index in [0.717, 1.165) is 4.90 Å². The summed E-state index contributed by atoms with van der Waals surface area (Å²) >= 11 is 1.42.